The molecule has 0 unspecified atom stereocenters. The van der Waals surface area contributed by atoms with Gasteiger partial charge in [0, 0.05) is 45.7 Å². The molecule has 2 aliphatic rings. The molecule has 1 amide bonds. The summed E-state index contributed by atoms with van der Waals surface area (Å²) >= 11 is 1.81. The van der Waals surface area contributed by atoms with E-state index in [1.165, 1.54) is 37.1 Å². The number of piperidine rings is 1. The van der Waals surface area contributed by atoms with E-state index in [1.807, 2.05) is 11.3 Å². The molecule has 3 N–H and O–H groups in total. The smallest absolute Gasteiger partial charge is 0.220 e. The van der Waals surface area contributed by atoms with Crippen molar-refractivity contribution in [3.63, 3.8) is 0 Å². The van der Waals surface area contributed by atoms with E-state index in [9.17, 15) is 4.79 Å². The van der Waals surface area contributed by atoms with Crippen LogP contribution in [0.3, 0.4) is 0 Å². The number of halogens is 1. The topological polar surface area (TPSA) is 68.8 Å². The van der Waals surface area contributed by atoms with Crippen LogP contribution in [0.4, 0.5) is 5.00 Å². The molecule has 1 aromatic heterocycles. The standard InChI is InChI=1S/C21H35N5OS.HI/c1-22-21(24-12-11-23-19(27)16-17-6-3-2-4-7-17)25-18-9-13-26(14-10-18)20-8-5-15-28-20;/h5,8,15,17-18H,2-4,6-7,9-14,16H2,1H3,(H,23,27)(H2,22,24,25);1H. The molecule has 0 bridgehead atoms. The van der Waals surface area contributed by atoms with E-state index in [-0.39, 0.29) is 29.9 Å². The highest BCUT2D eigenvalue weighted by molar-refractivity contribution is 14.0. The summed E-state index contributed by atoms with van der Waals surface area (Å²) in [6.45, 7) is 3.49. The molecule has 1 aliphatic heterocycles. The fraction of sp³-hybridized carbons (Fsp3) is 0.714. The average Bonchev–Trinajstić information content (AvgIpc) is 3.26. The molecule has 2 heterocycles. The molecule has 2 fully saturated rings. The molecule has 29 heavy (non-hydrogen) atoms. The van der Waals surface area contributed by atoms with Crippen LogP contribution in [0.2, 0.25) is 0 Å². The second kappa shape index (κ2) is 13.3. The van der Waals surface area contributed by atoms with Crippen molar-refractivity contribution in [1.29, 1.82) is 0 Å². The predicted octanol–water partition coefficient (Wildman–Crippen LogP) is 3.59. The van der Waals surface area contributed by atoms with E-state index in [4.69, 9.17) is 0 Å². The summed E-state index contributed by atoms with van der Waals surface area (Å²) in [5.41, 5.74) is 0. The molecule has 0 aromatic carbocycles. The maximum atomic E-state index is 12.1. The summed E-state index contributed by atoms with van der Waals surface area (Å²) < 4.78 is 0. The van der Waals surface area contributed by atoms with E-state index in [0.717, 1.165) is 31.9 Å². The second-order valence-corrected chi connectivity index (χ2v) is 8.84. The lowest BCUT2D eigenvalue weighted by Crippen LogP contribution is -2.49. The number of hydrogen-bond acceptors (Lipinski definition) is 4. The van der Waals surface area contributed by atoms with Crippen LogP contribution in [0.15, 0.2) is 22.5 Å². The van der Waals surface area contributed by atoms with E-state index in [1.54, 1.807) is 7.05 Å². The van der Waals surface area contributed by atoms with Crippen LogP contribution in [0.5, 0.6) is 0 Å². The molecule has 0 radical (unpaired) electrons. The summed E-state index contributed by atoms with van der Waals surface area (Å²) in [7, 11) is 1.80. The SMILES string of the molecule is CN=C(NCCNC(=O)CC1CCCCC1)NC1CCN(c2cccs2)CC1.I. The van der Waals surface area contributed by atoms with E-state index in [2.05, 4.69) is 43.4 Å². The van der Waals surface area contributed by atoms with Gasteiger partial charge >= 0.3 is 0 Å². The second-order valence-electron chi connectivity index (χ2n) is 7.91. The lowest BCUT2D eigenvalue weighted by Gasteiger charge is -2.33. The van der Waals surface area contributed by atoms with Crippen molar-refractivity contribution in [1.82, 2.24) is 16.0 Å². The largest absolute Gasteiger partial charge is 0.363 e. The fourth-order valence-electron chi connectivity index (χ4n) is 4.19. The maximum Gasteiger partial charge on any atom is 0.220 e. The van der Waals surface area contributed by atoms with Crippen molar-refractivity contribution in [2.24, 2.45) is 10.9 Å². The number of amides is 1. The van der Waals surface area contributed by atoms with Crippen molar-refractivity contribution in [2.45, 2.75) is 57.4 Å². The number of anilines is 1. The third kappa shape index (κ3) is 8.32. The first-order valence-corrected chi connectivity index (χ1v) is 11.6. The number of rotatable bonds is 7. The third-order valence-electron chi connectivity index (χ3n) is 5.82. The number of carbonyl (C=O) groups excluding carboxylic acids is 1. The van der Waals surface area contributed by atoms with Crippen LogP contribution >= 0.6 is 35.3 Å². The summed E-state index contributed by atoms with van der Waals surface area (Å²) in [6.07, 6.45) is 9.24. The zero-order valence-electron chi connectivity index (χ0n) is 17.5. The van der Waals surface area contributed by atoms with E-state index in [0.29, 0.717) is 31.5 Å². The average molecular weight is 534 g/mol. The van der Waals surface area contributed by atoms with Crippen molar-refractivity contribution < 1.29 is 4.79 Å². The molecule has 0 atom stereocenters. The Morgan fingerprint density at radius 1 is 1.14 bits per heavy atom. The lowest BCUT2D eigenvalue weighted by molar-refractivity contribution is -0.122. The van der Waals surface area contributed by atoms with Gasteiger partial charge in [0.2, 0.25) is 5.91 Å². The highest BCUT2D eigenvalue weighted by Gasteiger charge is 2.21. The van der Waals surface area contributed by atoms with E-state index < -0.39 is 0 Å². The molecule has 3 rings (SSSR count). The van der Waals surface area contributed by atoms with Crippen LogP contribution < -0.4 is 20.9 Å². The highest BCUT2D eigenvalue weighted by atomic mass is 127. The molecule has 1 saturated carbocycles. The van der Waals surface area contributed by atoms with Crippen LogP contribution in [-0.4, -0.2) is 51.1 Å². The van der Waals surface area contributed by atoms with Gasteiger partial charge < -0.3 is 20.9 Å². The van der Waals surface area contributed by atoms with Gasteiger partial charge in [0.05, 0.1) is 5.00 Å². The van der Waals surface area contributed by atoms with Crippen molar-refractivity contribution in [3.05, 3.63) is 17.5 Å². The van der Waals surface area contributed by atoms with Gasteiger partial charge in [-0.05, 0) is 49.1 Å². The normalized spacial score (nSPS) is 18.8. The van der Waals surface area contributed by atoms with Crippen LogP contribution in [0, 0.1) is 5.92 Å². The molecule has 164 valence electrons. The number of nitrogens with one attached hydrogen (secondary N) is 3. The quantitative estimate of drug-likeness (QED) is 0.217. The van der Waals surface area contributed by atoms with Crippen molar-refractivity contribution in [2.75, 3.05) is 38.1 Å². The Morgan fingerprint density at radius 3 is 2.52 bits per heavy atom. The summed E-state index contributed by atoms with van der Waals surface area (Å²) in [4.78, 5) is 18.9. The third-order valence-corrected chi connectivity index (χ3v) is 6.74. The van der Waals surface area contributed by atoms with Gasteiger partial charge in [0.15, 0.2) is 5.96 Å². The van der Waals surface area contributed by atoms with Gasteiger partial charge in [-0.25, -0.2) is 0 Å². The number of carbonyl (C=O) groups is 1. The highest BCUT2D eigenvalue weighted by Crippen LogP contribution is 2.26. The molecular formula is C21H36IN5OS. The Kier molecular flexibility index (Phi) is 11.1. The van der Waals surface area contributed by atoms with Gasteiger partial charge in [-0.3, -0.25) is 9.79 Å². The van der Waals surface area contributed by atoms with Gasteiger partial charge in [0.1, 0.15) is 0 Å². The van der Waals surface area contributed by atoms with Gasteiger partial charge in [0.25, 0.3) is 0 Å². The van der Waals surface area contributed by atoms with Crippen LogP contribution in [-0.2, 0) is 4.79 Å². The molecule has 6 nitrogen and oxygen atoms in total. The first kappa shape index (κ1) is 24.2. The van der Waals surface area contributed by atoms with Gasteiger partial charge in [-0.15, -0.1) is 35.3 Å². The molecule has 1 aromatic rings. The Labute approximate surface area is 196 Å². The minimum atomic E-state index is 0. The summed E-state index contributed by atoms with van der Waals surface area (Å²) in [5, 5.41) is 13.4. The Hall–Kier alpha value is -1.03. The van der Waals surface area contributed by atoms with Crippen molar-refractivity contribution >= 4 is 52.2 Å². The fourth-order valence-corrected chi connectivity index (χ4v) is 4.98. The maximum absolute atomic E-state index is 12.1. The zero-order valence-corrected chi connectivity index (χ0v) is 20.6. The summed E-state index contributed by atoms with van der Waals surface area (Å²) in [5.74, 6) is 1.62. The van der Waals surface area contributed by atoms with Crippen LogP contribution in [0.1, 0.15) is 51.4 Å². The van der Waals surface area contributed by atoms with Gasteiger partial charge in [-0.1, -0.05) is 19.3 Å². The Bertz CT molecular complexity index is 611. The van der Waals surface area contributed by atoms with E-state index >= 15 is 0 Å². The minimum Gasteiger partial charge on any atom is -0.363 e. The molecule has 1 aliphatic carbocycles. The Balaban J connectivity index is 0.00000300. The minimum absolute atomic E-state index is 0. The van der Waals surface area contributed by atoms with Crippen LogP contribution in [0.25, 0.3) is 0 Å². The van der Waals surface area contributed by atoms with Crippen molar-refractivity contribution in [3.8, 4) is 0 Å². The number of nitrogens with zero attached hydrogens (tertiary/aromatic N) is 2. The monoisotopic (exact) mass is 533 g/mol. The first-order chi connectivity index (χ1) is 13.7. The number of aliphatic imine (C=N–C) groups is 1. The lowest BCUT2D eigenvalue weighted by atomic mass is 9.87. The molecule has 1 saturated heterocycles. The number of guanidine groups is 1. The summed E-state index contributed by atoms with van der Waals surface area (Å²) in [6, 6.07) is 4.76. The molecular weight excluding hydrogens is 497 g/mol. The van der Waals surface area contributed by atoms with Gasteiger partial charge in [-0.2, -0.15) is 0 Å². The predicted molar refractivity (Wildman–Crippen MR) is 134 cm³/mol. The number of thiophene rings is 1. The molecule has 0 spiro atoms. The Morgan fingerprint density at radius 2 is 1.86 bits per heavy atom. The number of hydrogen-bond donors (Lipinski definition) is 3. The first-order valence-electron chi connectivity index (χ1n) is 10.8. The molecule has 8 heteroatoms. The zero-order chi connectivity index (χ0) is 19.6.